The zero-order valence-corrected chi connectivity index (χ0v) is 21.1. The van der Waals surface area contributed by atoms with Crippen LogP contribution in [-0.2, 0) is 6.42 Å². The quantitative estimate of drug-likeness (QED) is 0.370. The fraction of sp³-hybridized carbons (Fsp3) is 0.615. The summed E-state index contributed by atoms with van der Waals surface area (Å²) in [6, 6.07) is 3.02. The standard InChI is InChI=1S/C26H40N6/c1-17(2)26-23(11-20(7)13-27-26)12-22(24-14-28-31(15-24)18(3)4)10-9-21(8)25-16-32(19(5)6)30-29-25/h11,13-19,21-22H,9-10,12H2,1-8H3. The number of aromatic nitrogens is 6. The summed E-state index contributed by atoms with van der Waals surface area (Å²) in [7, 11) is 0. The van der Waals surface area contributed by atoms with Gasteiger partial charge in [0.25, 0.3) is 0 Å². The highest BCUT2D eigenvalue weighted by atomic mass is 15.4. The van der Waals surface area contributed by atoms with Gasteiger partial charge in [0, 0.05) is 42.3 Å². The van der Waals surface area contributed by atoms with E-state index in [4.69, 9.17) is 4.98 Å². The molecule has 3 heterocycles. The molecule has 6 nitrogen and oxygen atoms in total. The van der Waals surface area contributed by atoms with Gasteiger partial charge in [-0.25, -0.2) is 4.68 Å². The summed E-state index contributed by atoms with van der Waals surface area (Å²) in [6.07, 6.45) is 11.5. The summed E-state index contributed by atoms with van der Waals surface area (Å²) in [5.41, 5.74) is 6.19. The molecule has 0 spiro atoms. The van der Waals surface area contributed by atoms with Gasteiger partial charge in [0.2, 0.25) is 0 Å². The van der Waals surface area contributed by atoms with Gasteiger partial charge >= 0.3 is 0 Å². The summed E-state index contributed by atoms with van der Waals surface area (Å²) in [6.45, 7) is 17.5. The maximum Gasteiger partial charge on any atom is 0.0855 e. The predicted octanol–water partition coefficient (Wildman–Crippen LogP) is 6.37. The van der Waals surface area contributed by atoms with E-state index in [1.165, 1.54) is 22.4 Å². The van der Waals surface area contributed by atoms with Crippen molar-refractivity contribution in [3.63, 3.8) is 0 Å². The van der Waals surface area contributed by atoms with Gasteiger partial charge in [-0.1, -0.05) is 32.1 Å². The molecule has 0 amide bonds. The molecule has 174 valence electrons. The summed E-state index contributed by atoms with van der Waals surface area (Å²) in [5.74, 6) is 1.17. The Hall–Kier alpha value is -2.50. The maximum atomic E-state index is 4.78. The normalized spacial score (nSPS) is 14.0. The molecule has 6 heteroatoms. The van der Waals surface area contributed by atoms with Crippen LogP contribution >= 0.6 is 0 Å². The Morgan fingerprint density at radius 3 is 2.19 bits per heavy atom. The van der Waals surface area contributed by atoms with Gasteiger partial charge in [-0.3, -0.25) is 9.67 Å². The molecule has 0 aliphatic carbocycles. The summed E-state index contributed by atoms with van der Waals surface area (Å²) in [5, 5.41) is 13.4. The first-order valence-electron chi connectivity index (χ1n) is 12.1. The molecule has 0 bridgehead atoms. The van der Waals surface area contributed by atoms with Crippen molar-refractivity contribution in [2.24, 2.45) is 0 Å². The smallest absolute Gasteiger partial charge is 0.0855 e. The number of hydrogen-bond acceptors (Lipinski definition) is 4. The molecule has 3 aromatic heterocycles. The van der Waals surface area contributed by atoms with Gasteiger partial charge in [-0.15, -0.1) is 5.10 Å². The molecule has 2 unspecified atom stereocenters. The largest absolute Gasteiger partial charge is 0.270 e. The Morgan fingerprint density at radius 2 is 1.59 bits per heavy atom. The Balaban J connectivity index is 1.83. The van der Waals surface area contributed by atoms with Gasteiger partial charge in [0.15, 0.2) is 0 Å². The lowest BCUT2D eigenvalue weighted by atomic mass is 9.85. The SMILES string of the molecule is Cc1cnc(C(C)C)c(CC(CCC(C)c2cn(C(C)C)nn2)c2cnn(C(C)C)c2)c1. The highest BCUT2D eigenvalue weighted by molar-refractivity contribution is 5.29. The van der Waals surface area contributed by atoms with E-state index < -0.39 is 0 Å². The van der Waals surface area contributed by atoms with Crippen molar-refractivity contribution in [1.82, 2.24) is 29.8 Å². The van der Waals surface area contributed by atoms with Crippen LogP contribution in [0, 0.1) is 6.92 Å². The van der Waals surface area contributed by atoms with Crippen LogP contribution in [0.4, 0.5) is 0 Å². The van der Waals surface area contributed by atoms with Crippen molar-refractivity contribution in [3.8, 4) is 0 Å². The van der Waals surface area contributed by atoms with Gasteiger partial charge in [0.1, 0.15) is 0 Å². The highest BCUT2D eigenvalue weighted by Gasteiger charge is 2.21. The van der Waals surface area contributed by atoms with Crippen LogP contribution in [0.25, 0.3) is 0 Å². The van der Waals surface area contributed by atoms with Crippen LogP contribution in [0.5, 0.6) is 0 Å². The van der Waals surface area contributed by atoms with Crippen molar-refractivity contribution < 1.29 is 0 Å². The van der Waals surface area contributed by atoms with E-state index in [2.05, 4.69) is 100 Å². The van der Waals surface area contributed by atoms with Crippen LogP contribution in [0.1, 0.15) is 119 Å². The minimum atomic E-state index is 0.335. The van der Waals surface area contributed by atoms with E-state index in [1.54, 1.807) is 0 Å². The monoisotopic (exact) mass is 436 g/mol. The van der Waals surface area contributed by atoms with Crippen molar-refractivity contribution in [2.75, 3.05) is 0 Å². The minimum Gasteiger partial charge on any atom is -0.270 e. The topological polar surface area (TPSA) is 61.4 Å². The second kappa shape index (κ2) is 10.4. The average molecular weight is 437 g/mol. The molecule has 0 fully saturated rings. The van der Waals surface area contributed by atoms with Crippen molar-refractivity contribution in [2.45, 2.75) is 104 Å². The number of rotatable bonds is 10. The number of nitrogens with zero attached hydrogens (tertiary/aromatic N) is 6. The number of hydrogen-bond donors (Lipinski definition) is 0. The van der Waals surface area contributed by atoms with E-state index in [0.717, 1.165) is 25.0 Å². The Kier molecular flexibility index (Phi) is 7.86. The van der Waals surface area contributed by atoms with E-state index in [1.807, 2.05) is 10.9 Å². The van der Waals surface area contributed by atoms with E-state index in [9.17, 15) is 0 Å². The fourth-order valence-corrected chi connectivity index (χ4v) is 4.19. The first-order chi connectivity index (χ1) is 15.2. The first kappa shape index (κ1) is 24.1. The third-order valence-corrected chi connectivity index (χ3v) is 6.28. The van der Waals surface area contributed by atoms with Crippen LogP contribution in [0.3, 0.4) is 0 Å². The third kappa shape index (κ3) is 5.84. The Bertz CT molecular complexity index is 997. The number of aryl methyl sites for hydroxylation is 1. The molecule has 0 aliphatic rings. The van der Waals surface area contributed by atoms with Crippen LogP contribution < -0.4 is 0 Å². The van der Waals surface area contributed by atoms with E-state index in [-0.39, 0.29) is 0 Å². The maximum absolute atomic E-state index is 4.78. The van der Waals surface area contributed by atoms with Crippen LogP contribution in [0.15, 0.2) is 30.9 Å². The second-order valence-electron chi connectivity index (χ2n) is 10.2. The molecule has 0 aromatic carbocycles. The number of pyridine rings is 1. The average Bonchev–Trinajstić information content (AvgIpc) is 3.40. The third-order valence-electron chi connectivity index (χ3n) is 6.28. The lowest BCUT2D eigenvalue weighted by molar-refractivity contribution is 0.514. The van der Waals surface area contributed by atoms with Gasteiger partial charge in [-0.2, -0.15) is 5.10 Å². The first-order valence-corrected chi connectivity index (χ1v) is 12.1. The van der Waals surface area contributed by atoms with Crippen molar-refractivity contribution >= 4 is 0 Å². The molecule has 0 N–H and O–H groups in total. The van der Waals surface area contributed by atoms with Crippen LogP contribution in [-0.4, -0.2) is 29.8 Å². The van der Waals surface area contributed by atoms with Gasteiger partial charge < -0.3 is 0 Å². The molecule has 3 aromatic rings. The lowest BCUT2D eigenvalue weighted by Crippen LogP contribution is -2.09. The molecule has 3 rings (SSSR count). The molecule has 32 heavy (non-hydrogen) atoms. The summed E-state index contributed by atoms with van der Waals surface area (Å²) < 4.78 is 4.02. The molecular formula is C26H40N6. The molecule has 0 saturated carbocycles. The Morgan fingerprint density at radius 1 is 0.875 bits per heavy atom. The molecule has 2 atom stereocenters. The minimum absolute atomic E-state index is 0.335. The van der Waals surface area contributed by atoms with E-state index >= 15 is 0 Å². The Labute approximate surface area is 193 Å². The molecular weight excluding hydrogens is 396 g/mol. The van der Waals surface area contributed by atoms with E-state index in [0.29, 0.717) is 29.8 Å². The second-order valence-corrected chi connectivity index (χ2v) is 10.2. The summed E-state index contributed by atoms with van der Waals surface area (Å²) >= 11 is 0. The van der Waals surface area contributed by atoms with Gasteiger partial charge in [0.05, 0.1) is 11.9 Å². The van der Waals surface area contributed by atoms with Crippen molar-refractivity contribution in [1.29, 1.82) is 0 Å². The molecule has 0 radical (unpaired) electrons. The van der Waals surface area contributed by atoms with Crippen LogP contribution in [0.2, 0.25) is 0 Å². The molecule has 0 aliphatic heterocycles. The molecule has 0 saturated heterocycles. The van der Waals surface area contributed by atoms with Crippen molar-refractivity contribution in [3.05, 3.63) is 58.9 Å². The predicted molar refractivity (Wildman–Crippen MR) is 130 cm³/mol. The highest BCUT2D eigenvalue weighted by Crippen LogP contribution is 2.32. The zero-order chi connectivity index (χ0) is 23.4. The lowest BCUT2D eigenvalue weighted by Gasteiger charge is -2.20. The van der Waals surface area contributed by atoms with Gasteiger partial charge in [-0.05, 0) is 82.4 Å². The zero-order valence-electron chi connectivity index (χ0n) is 21.1. The fourth-order valence-electron chi connectivity index (χ4n) is 4.19. The summed E-state index contributed by atoms with van der Waals surface area (Å²) in [4.78, 5) is 4.78.